The summed E-state index contributed by atoms with van der Waals surface area (Å²) in [6.07, 6.45) is 0. The lowest BCUT2D eigenvalue weighted by molar-refractivity contribution is 0.102. The van der Waals surface area contributed by atoms with Crippen LogP contribution >= 0.6 is 0 Å². The molecule has 0 aliphatic rings. The van der Waals surface area contributed by atoms with Gasteiger partial charge in [-0.1, -0.05) is 6.07 Å². The molecule has 0 saturated carbocycles. The minimum Gasteiger partial charge on any atom is -0.491 e. The van der Waals surface area contributed by atoms with Gasteiger partial charge in [0.15, 0.2) is 11.6 Å². The fourth-order valence-electron chi connectivity index (χ4n) is 1.83. The van der Waals surface area contributed by atoms with Gasteiger partial charge in [-0.3, -0.25) is 4.79 Å². The number of nitrogens with zero attached hydrogens (tertiary/aromatic N) is 1. The fourth-order valence-corrected chi connectivity index (χ4v) is 1.83. The van der Waals surface area contributed by atoms with Gasteiger partial charge in [0.05, 0.1) is 17.9 Å². The molecule has 110 valence electrons. The number of carbonyl (C=O) groups is 1. The third-order valence-electron chi connectivity index (χ3n) is 2.82. The van der Waals surface area contributed by atoms with Gasteiger partial charge in [-0.15, -0.1) is 0 Å². The molecule has 0 bridgehead atoms. The monoisotopic (exact) mass is 289 g/mol. The Balaban J connectivity index is 2.25. The van der Waals surface area contributed by atoms with E-state index >= 15 is 0 Å². The van der Waals surface area contributed by atoms with Crippen molar-refractivity contribution >= 4 is 17.4 Å². The molecule has 2 rings (SSSR count). The van der Waals surface area contributed by atoms with Crippen molar-refractivity contribution in [1.82, 2.24) is 4.98 Å². The lowest BCUT2D eigenvalue weighted by atomic mass is 10.2. The Bertz CT molecular complexity index is 674. The average Bonchev–Trinajstić information content (AvgIpc) is 2.43. The second-order valence-electron chi connectivity index (χ2n) is 4.39. The number of halogens is 1. The van der Waals surface area contributed by atoms with Gasteiger partial charge in [-0.05, 0) is 38.1 Å². The lowest BCUT2D eigenvalue weighted by Gasteiger charge is -2.11. The Kier molecular flexibility index (Phi) is 4.37. The van der Waals surface area contributed by atoms with Crippen molar-refractivity contribution in [3.05, 3.63) is 47.4 Å². The Morgan fingerprint density at radius 3 is 2.81 bits per heavy atom. The van der Waals surface area contributed by atoms with E-state index in [0.717, 1.165) is 0 Å². The molecule has 0 saturated heterocycles. The molecule has 0 spiro atoms. The highest BCUT2D eigenvalue weighted by molar-refractivity contribution is 6.07. The molecule has 1 aromatic heterocycles. The molecular weight excluding hydrogens is 273 g/mol. The molecule has 1 amide bonds. The summed E-state index contributed by atoms with van der Waals surface area (Å²) >= 11 is 0. The second-order valence-corrected chi connectivity index (χ2v) is 4.39. The molecular formula is C15H16FN3O2. The quantitative estimate of drug-likeness (QED) is 0.907. The Morgan fingerprint density at radius 1 is 1.38 bits per heavy atom. The Morgan fingerprint density at radius 2 is 2.14 bits per heavy atom. The van der Waals surface area contributed by atoms with Crippen LogP contribution in [0.25, 0.3) is 0 Å². The van der Waals surface area contributed by atoms with Gasteiger partial charge in [0.25, 0.3) is 5.91 Å². The van der Waals surface area contributed by atoms with Crippen LogP contribution in [0.2, 0.25) is 0 Å². The van der Waals surface area contributed by atoms with Crippen LogP contribution in [0.5, 0.6) is 5.75 Å². The summed E-state index contributed by atoms with van der Waals surface area (Å²) in [5.41, 5.74) is 6.63. The van der Waals surface area contributed by atoms with Crippen molar-refractivity contribution in [1.29, 1.82) is 0 Å². The summed E-state index contributed by atoms with van der Waals surface area (Å²) in [6, 6.07) is 7.76. The van der Waals surface area contributed by atoms with Gasteiger partial charge in [0.2, 0.25) is 0 Å². The summed E-state index contributed by atoms with van der Waals surface area (Å²) in [7, 11) is 0. The topological polar surface area (TPSA) is 77.2 Å². The number of benzene rings is 1. The van der Waals surface area contributed by atoms with Crippen molar-refractivity contribution in [2.45, 2.75) is 13.8 Å². The van der Waals surface area contributed by atoms with E-state index in [2.05, 4.69) is 10.3 Å². The third-order valence-corrected chi connectivity index (χ3v) is 2.82. The van der Waals surface area contributed by atoms with E-state index < -0.39 is 11.7 Å². The fraction of sp³-hybridized carbons (Fsp3) is 0.200. The Hall–Kier alpha value is -2.63. The number of anilines is 2. The van der Waals surface area contributed by atoms with Crippen LogP contribution in [-0.4, -0.2) is 17.5 Å². The molecule has 0 fully saturated rings. The first-order valence-corrected chi connectivity index (χ1v) is 6.48. The molecule has 0 radical (unpaired) electrons. The van der Waals surface area contributed by atoms with Gasteiger partial charge in [-0.2, -0.15) is 0 Å². The number of pyridine rings is 1. The maximum Gasteiger partial charge on any atom is 0.259 e. The van der Waals surface area contributed by atoms with Crippen molar-refractivity contribution < 1.29 is 13.9 Å². The van der Waals surface area contributed by atoms with Crippen molar-refractivity contribution in [3.63, 3.8) is 0 Å². The van der Waals surface area contributed by atoms with E-state index in [4.69, 9.17) is 10.5 Å². The van der Waals surface area contributed by atoms with E-state index in [1.54, 1.807) is 32.0 Å². The molecule has 1 aromatic carbocycles. The zero-order valence-electron chi connectivity index (χ0n) is 11.8. The van der Waals surface area contributed by atoms with E-state index in [9.17, 15) is 9.18 Å². The summed E-state index contributed by atoms with van der Waals surface area (Å²) < 4.78 is 19.3. The zero-order valence-corrected chi connectivity index (χ0v) is 11.8. The molecule has 1 heterocycles. The number of ether oxygens (including phenoxy) is 1. The smallest absolute Gasteiger partial charge is 0.259 e. The van der Waals surface area contributed by atoms with Crippen LogP contribution in [-0.2, 0) is 0 Å². The highest BCUT2D eigenvalue weighted by Crippen LogP contribution is 2.25. The first-order chi connectivity index (χ1) is 10.0. The van der Waals surface area contributed by atoms with Crippen LogP contribution in [0.3, 0.4) is 0 Å². The lowest BCUT2D eigenvalue weighted by Crippen LogP contribution is -2.16. The van der Waals surface area contributed by atoms with Crippen LogP contribution in [0.15, 0.2) is 30.3 Å². The number of aryl methyl sites for hydroxylation is 1. The van der Waals surface area contributed by atoms with Crippen LogP contribution in [0.1, 0.15) is 23.0 Å². The average molecular weight is 289 g/mol. The molecule has 5 nitrogen and oxygen atoms in total. The molecule has 3 N–H and O–H groups in total. The molecule has 0 unspecified atom stereocenters. The number of rotatable bonds is 4. The van der Waals surface area contributed by atoms with Crippen molar-refractivity contribution in [2.24, 2.45) is 0 Å². The number of amides is 1. The number of nitrogens with two attached hydrogens (primary N) is 1. The summed E-state index contributed by atoms with van der Waals surface area (Å²) in [4.78, 5) is 16.1. The van der Waals surface area contributed by atoms with E-state index in [1.165, 1.54) is 12.1 Å². The van der Waals surface area contributed by atoms with Gasteiger partial charge in [-0.25, -0.2) is 9.37 Å². The number of aromatic nitrogens is 1. The number of nitrogen functional groups attached to an aromatic ring is 1. The van der Waals surface area contributed by atoms with Crippen LogP contribution in [0.4, 0.5) is 15.9 Å². The maximum absolute atomic E-state index is 14.1. The van der Waals surface area contributed by atoms with Gasteiger partial charge in [0, 0.05) is 5.69 Å². The predicted octanol–water partition coefficient (Wildman–Crippen LogP) is 2.76. The van der Waals surface area contributed by atoms with Crippen LogP contribution in [0, 0.1) is 12.7 Å². The first-order valence-electron chi connectivity index (χ1n) is 6.48. The summed E-state index contributed by atoms with van der Waals surface area (Å²) in [5.74, 6) is -0.946. The molecule has 0 aliphatic carbocycles. The van der Waals surface area contributed by atoms with Crippen molar-refractivity contribution in [3.8, 4) is 5.75 Å². The number of hydrogen-bond acceptors (Lipinski definition) is 4. The summed E-state index contributed by atoms with van der Waals surface area (Å²) in [6.45, 7) is 3.86. The SMILES string of the molecule is CCOc1cccc(NC(=O)c2ccc(C)nc2N)c1F. The van der Waals surface area contributed by atoms with Crippen molar-refractivity contribution in [2.75, 3.05) is 17.7 Å². The highest BCUT2D eigenvalue weighted by Gasteiger charge is 2.15. The minimum absolute atomic E-state index is 0.0333. The molecule has 2 aromatic rings. The second kappa shape index (κ2) is 6.21. The van der Waals surface area contributed by atoms with Gasteiger partial charge >= 0.3 is 0 Å². The van der Waals surface area contributed by atoms with Crippen LogP contribution < -0.4 is 15.8 Å². The maximum atomic E-state index is 14.1. The van der Waals surface area contributed by atoms with E-state index in [-0.39, 0.29) is 22.8 Å². The predicted molar refractivity (Wildman–Crippen MR) is 78.9 cm³/mol. The standard InChI is InChI=1S/C15H16FN3O2/c1-3-21-12-6-4-5-11(13(12)16)19-15(20)10-8-7-9(2)18-14(10)17/h4-8H,3H2,1-2H3,(H2,17,18)(H,19,20). The normalized spacial score (nSPS) is 10.2. The number of hydrogen-bond donors (Lipinski definition) is 2. The molecule has 0 aliphatic heterocycles. The van der Waals surface area contributed by atoms with Gasteiger partial charge < -0.3 is 15.8 Å². The molecule has 21 heavy (non-hydrogen) atoms. The largest absolute Gasteiger partial charge is 0.491 e. The number of carbonyl (C=O) groups excluding carboxylic acids is 1. The molecule has 0 atom stereocenters. The summed E-state index contributed by atoms with van der Waals surface area (Å²) in [5, 5.41) is 2.47. The number of nitrogens with one attached hydrogen (secondary N) is 1. The van der Waals surface area contributed by atoms with E-state index in [0.29, 0.717) is 12.3 Å². The zero-order chi connectivity index (χ0) is 15.4. The first kappa shape index (κ1) is 14.8. The third kappa shape index (κ3) is 3.28. The minimum atomic E-state index is -0.619. The van der Waals surface area contributed by atoms with E-state index in [1.807, 2.05) is 0 Å². The Labute approximate surface area is 121 Å². The van der Waals surface area contributed by atoms with Gasteiger partial charge in [0.1, 0.15) is 5.82 Å². The molecule has 6 heteroatoms. The highest BCUT2D eigenvalue weighted by atomic mass is 19.1.